The fourth-order valence-corrected chi connectivity index (χ4v) is 13.6. The van der Waals surface area contributed by atoms with Crippen LogP contribution in [0.5, 0.6) is 0 Å². The molecular weight excluding hydrogens is 683 g/mol. The highest BCUT2D eigenvalue weighted by atomic mass is 19.4. The molecule has 0 unspecified atom stereocenters. The first-order valence-corrected chi connectivity index (χ1v) is 19.9. The molecule has 1 aromatic rings. The average Bonchev–Trinajstić information content (AvgIpc) is 3.63. The normalized spacial score (nSPS) is 39.2. The van der Waals surface area contributed by atoms with Crippen molar-refractivity contribution < 1.29 is 41.8 Å². The molecule has 0 radical (unpaired) electrons. The summed E-state index contributed by atoms with van der Waals surface area (Å²) in [5.74, 6) is -1.37. The minimum Gasteiger partial charge on any atom is -0.481 e. The van der Waals surface area contributed by atoms with Crippen molar-refractivity contribution in [3.05, 3.63) is 35.3 Å². The zero-order valence-corrected chi connectivity index (χ0v) is 33.4. The summed E-state index contributed by atoms with van der Waals surface area (Å²) in [5.41, 5.74) is -0.710. The smallest absolute Gasteiger partial charge is 0.449 e. The SMILES string of the molecule is C=C(C)[C@@H]1CC[C@]2(C(=O)NCc3c(C)coc3C(F)(F)F)CC[C@]3(C)[C@H](CC[C@@H]4[C@@]5(C)CC[C@H](OC(=O)CC(C)(C)C(=O)O)C(C)(C)[C@@H]5CC[C@]43C)[C@@H]12. The number of aliphatic carboxylic acids is 1. The number of carboxylic acids is 1. The van der Waals surface area contributed by atoms with Gasteiger partial charge in [0.1, 0.15) is 6.10 Å². The number of allylic oxidation sites excluding steroid dienone is 1. The maximum atomic E-state index is 14.5. The van der Waals surface area contributed by atoms with Crippen molar-refractivity contribution in [2.45, 2.75) is 152 Å². The van der Waals surface area contributed by atoms with Gasteiger partial charge in [-0.05, 0) is 143 Å². The average molecular weight is 746 g/mol. The lowest BCUT2D eigenvalue weighted by molar-refractivity contribution is -0.249. The molecule has 10 atom stereocenters. The molecule has 0 spiro atoms. The molecule has 1 aromatic heterocycles. The van der Waals surface area contributed by atoms with Gasteiger partial charge in [-0.15, -0.1) is 0 Å². The molecule has 10 heteroatoms. The Morgan fingerprint density at radius 2 is 1.62 bits per heavy atom. The summed E-state index contributed by atoms with van der Waals surface area (Å²) in [5, 5.41) is 12.6. The van der Waals surface area contributed by atoms with E-state index in [4.69, 9.17) is 9.15 Å². The van der Waals surface area contributed by atoms with Gasteiger partial charge >= 0.3 is 18.1 Å². The molecule has 5 aliphatic rings. The Hall–Kier alpha value is -2.78. The van der Waals surface area contributed by atoms with Crippen molar-refractivity contribution in [1.29, 1.82) is 0 Å². The van der Waals surface area contributed by atoms with E-state index in [0.717, 1.165) is 63.2 Å². The van der Waals surface area contributed by atoms with E-state index in [-0.39, 0.29) is 70.0 Å². The second-order valence-electron chi connectivity index (χ2n) is 20.0. The van der Waals surface area contributed by atoms with E-state index in [1.807, 2.05) is 0 Å². The van der Waals surface area contributed by atoms with E-state index < -0.39 is 34.7 Å². The van der Waals surface area contributed by atoms with Crippen LogP contribution in [0.3, 0.4) is 0 Å². The maximum Gasteiger partial charge on any atom is 0.449 e. The Labute approximate surface area is 313 Å². The third-order valence-corrected chi connectivity index (χ3v) is 16.7. The quantitative estimate of drug-likeness (QED) is 0.203. The number of esters is 1. The molecule has 0 aliphatic heterocycles. The Morgan fingerprint density at radius 1 is 0.943 bits per heavy atom. The number of aryl methyl sites for hydroxylation is 1. The second-order valence-corrected chi connectivity index (χ2v) is 20.0. The summed E-state index contributed by atoms with van der Waals surface area (Å²) in [6.07, 6.45) is 4.92. The molecule has 5 aliphatic carbocycles. The molecule has 1 amide bonds. The van der Waals surface area contributed by atoms with Crippen molar-refractivity contribution in [3.8, 4) is 0 Å². The van der Waals surface area contributed by atoms with Gasteiger partial charge in [0, 0.05) is 17.5 Å². The van der Waals surface area contributed by atoms with Crippen LogP contribution in [0.4, 0.5) is 13.2 Å². The minimum absolute atomic E-state index is 0.00658. The minimum atomic E-state index is -4.64. The van der Waals surface area contributed by atoms with Gasteiger partial charge in [0.05, 0.1) is 23.5 Å². The van der Waals surface area contributed by atoms with E-state index in [0.29, 0.717) is 30.2 Å². The number of ether oxygens (including phenoxy) is 1. The Bertz CT molecular complexity index is 1660. The van der Waals surface area contributed by atoms with Gasteiger partial charge in [-0.1, -0.05) is 46.8 Å². The number of fused-ring (bicyclic) bond motifs is 7. The third-order valence-electron chi connectivity index (χ3n) is 16.7. The largest absolute Gasteiger partial charge is 0.481 e. The number of carboxylic acid groups (broad SMARTS) is 1. The highest BCUT2D eigenvalue weighted by Gasteiger charge is 2.72. The predicted octanol–water partition coefficient (Wildman–Crippen LogP) is 10.3. The molecule has 1 heterocycles. The molecule has 0 bridgehead atoms. The number of halogens is 3. The van der Waals surface area contributed by atoms with E-state index in [9.17, 15) is 32.7 Å². The van der Waals surface area contributed by atoms with Gasteiger partial charge in [0.25, 0.3) is 0 Å². The van der Waals surface area contributed by atoms with Gasteiger partial charge in [0.2, 0.25) is 11.7 Å². The van der Waals surface area contributed by atoms with Crippen molar-refractivity contribution in [2.24, 2.45) is 62.1 Å². The Morgan fingerprint density at radius 3 is 2.25 bits per heavy atom. The molecule has 2 N–H and O–H groups in total. The highest BCUT2D eigenvalue weighted by molar-refractivity contribution is 5.84. The van der Waals surface area contributed by atoms with Crippen LogP contribution in [0.25, 0.3) is 0 Å². The fourth-order valence-electron chi connectivity index (χ4n) is 13.6. The predicted molar refractivity (Wildman–Crippen MR) is 195 cm³/mol. The molecule has 7 nitrogen and oxygen atoms in total. The monoisotopic (exact) mass is 745 g/mol. The number of amides is 1. The van der Waals surface area contributed by atoms with Crippen LogP contribution in [0.1, 0.15) is 143 Å². The first kappa shape index (κ1) is 39.9. The van der Waals surface area contributed by atoms with E-state index in [1.54, 1.807) is 20.8 Å². The van der Waals surface area contributed by atoms with Crippen molar-refractivity contribution >= 4 is 17.8 Å². The molecular formula is C43H62F3NO6. The van der Waals surface area contributed by atoms with Crippen LogP contribution in [0.2, 0.25) is 0 Å². The molecule has 0 aromatic carbocycles. The van der Waals surface area contributed by atoms with Crippen LogP contribution in [-0.4, -0.2) is 29.1 Å². The Balaban J connectivity index is 1.26. The molecule has 5 fully saturated rings. The van der Waals surface area contributed by atoms with E-state index in [1.165, 1.54) is 0 Å². The number of nitrogens with one attached hydrogen (secondary N) is 1. The number of hydrogen-bond acceptors (Lipinski definition) is 5. The number of hydrogen-bond donors (Lipinski definition) is 2. The number of rotatable bonds is 8. The van der Waals surface area contributed by atoms with Crippen molar-refractivity contribution in [2.75, 3.05) is 0 Å². The number of furan rings is 1. The number of carbonyl (C=O) groups is 3. The van der Waals surface area contributed by atoms with Crippen LogP contribution in [0.15, 0.2) is 22.8 Å². The van der Waals surface area contributed by atoms with Gasteiger partial charge in [-0.25, -0.2) is 0 Å². The summed E-state index contributed by atoms with van der Waals surface area (Å²) in [6.45, 7) is 22.9. The van der Waals surface area contributed by atoms with Gasteiger partial charge in [-0.2, -0.15) is 13.2 Å². The summed E-state index contributed by atoms with van der Waals surface area (Å²) in [7, 11) is 0. The summed E-state index contributed by atoms with van der Waals surface area (Å²) < 4.78 is 52.3. The standard InChI is InChI=1S/C43H62F3NO6/c1-24(2)26-13-18-42(35(49)47-22-27-25(3)23-52-34(27)43(44,45)46)20-19-40(9)28(33(26)42)11-12-30-39(8)16-15-31(53-32(48)21-37(4,5)36(50)51)38(6,7)29(39)14-17-41(30,40)10/h23,26,28-31,33H,1,11-22H2,2-10H3,(H,47,49)(H,50,51)/t26-,28+,29-,30+,31-,33+,39-,40+,41+,42-/m0/s1. The number of alkyl halides is 3. The van der Waals surface area contributed by atoms with Crippen LogP contribution < -0.4 is 5.32 Å². The third kappa shape index (κ3) is 6.00. The van der Waals surface area contributed by atoms with Crippen LogP contribution in [0, 0.1) is 69.0 Å². The lowest BCUT2D eigenvalue weighted by atomic mass is 9.32. The second kappa shape index (κ2) is 12.9. The molecule has 0 saturated heterocycles. The van der Waals surface area contributed by atoms with Gasteiger partial charge in [-0.3, -0.25) is 14.4 Å². The zero-order valence-electron chi connectivity index (χ0n) is 33.4. The van der Waals surface area contributed by atoms with Crippen LogP contribution in [-0.2, 0) is 31.8 Å². The Kier molecular flexibility index (Phi) is 9.71. The molecule has 296 valence electrons. The lowest BCUT2D eigenvalue weighted by Gasteiger charge is -2.72. The van der Waals surface area contributed by atoms with E-state index >= 15 is 0 Å². The zero-order chi connectivity index (χ0) is 39.3. The summed E-state index contributed by atoms with van der Waals surface area (Å²) >= 11 is 0. The van der Waals surface area contributed by atoms with Crippen molar-refractivity contribution in [1.82, 2.24) is 5.32 Å². The van der Waals surface area contributed by atoms with Gasteiger partial charge < -0.3 is 19.6 Å². The topological polar surface area (TPSA) is 106 Å². The molecule has 53 heavy (non-hydrogen) atoms. The lowest BCUT2D eigenvalue weighted by Crippen LogP contribution is -2.67. The first-order valence-electron chi connectivity index (χ1n) is 19.9. The summed E-state index contributed by atoms with van der Waals surface area (Å²) in [6, 6.07) is 0. The van der Waals surface area contributed by atoms with Crippen molar-refractivity contribution in [3.63, 3.8) is 0 Å². The maximum absolute atomic E-state index is 14.5. The molecule has 5 saturated carbocycles. The first-order chi connectivity index (χ1) is 24.4. The highest BCUT2D eigenvalue weighted by Crippen LogP contribution is 2.77. The molecule has 6 rings (SSSR count). The summed E-state index contributed by atoms with van der Waals surface area (Å²) in [4.78, 5) is 39.3. The van der Waals surface area contributed by atoms with E-state index in [2.05, 4.69) is 53.4 Å². The van der Waals surface area contributed by atoms with Crippen LogP contribution >= 0.6 is 0 Å². The number of carbonyl (C=O) groups excluding carboxylic acids is 2. The fraction of sp³-hybridized carbons (Fsp3) is 0.791. The van der Waals surface area contributed by atoms with Gasteiger partial charge in [0.15, 0.2) is 0 Å².